The Balaban J connectivity index is 1.65. The van der Waals surface area contributed by atoms with Crippen molar-refractivity contribution in [2.75, 3.05) is 27.1 Å². The number of methoxy groups -OCH3 is 3. The molecule has 3 rings (SSSR count). The van der Waals surface area contributed by atoms with Gasteiger partial charge in [0.05, 0.1) is 27.1 Å². The van der Waals surface area contributed by atoms with Crippen molar-refractivity contribution in [3.63, 3.8) is 0 Å². The maximum absolute atomic E-state index is 12.4. The SMILES string of the molecule is COc1ccc(-c2nnc(SCC(=O)c3ccc(OC)c(OC)c3)o2)cc1. The van der Waals surface area contributed by atoms with Gasteiger partial charge in [-0.3, -0.25) is 4.79 Å². The van der Waals surface area contributed by atoms with Crippen LogP contribution < -0.4 is 14.2 Å². The van der Waals surface area contributed by atoms with E-state index in [9.17, 15) is 4.79 Å². The van der Waals surface area contributed by atoms with E-state index >= 15 is 0 Å². The number of rotatable bonds is 8. The van der Waals surface area contributed by atoms with Crippen LogP contribution in [-0.2, 0) is 0 Å². The molecule has 0 saturated carbocycles. The molecule has 1 heterocycles. The Morgan fingerprint density at radius 1 is 0.963 bits per heavy atom. The molecule has 1 aromatic heterocycles. The van der Waals surface area contributed by atoms with Crippen molar-refractivity contribution < 1.29 is 23.4 Å². The molecule has 2 aromatic carbocycles. The van der Waals surface area contributed by atoms with Crippen molar-refractivity contribution in [2.45, 2.75) is 5.22 Å². The Morgan fingerprint density at radius 3 is 2.37 bits per heavy atom. The average Bonchev–Trinajstić information content (AvgIpc) is 3.20. The minimum Gasteiger partial charge on any atom is -0.497 e. The highest BCUT2D eigenvalue weighted by Crippen LogP contribution is 2.29. The first-order valence-corrected chi connectivity index (χ1v) is 8.99. The summed E-state index contributed by atoms with van der Waals surface area (Å²) in [6.07, 6.45) is 0. The van der Waals surface area contributed by atoms with Crippen LogP contribution in [0.15, 0.2) is 52.1 Å². The van der Waals surface area contributed by atoms with Crippen molar-refractivity contribution in [1.29, 1.82) is 0 Å². The number of hydrogen-bond donors (Lipinski definition) is 0. The van der Waals surface area contributed by atoms with Crippen LogP contribution >= 0.6 is 11.8 Å². The molecule has 0 aliphatic heterocycles. The number of ether oxygens (including phenoxy) is 3. The van der Waals surface area contributed by atoms with Crippen molar-refractivity contribution in [3.8, 4) is 28.7 Å². The lowest BCUT2D eigenvalue weighted by molar-refractivity contribution is 0.102. The number of carbonyl (C=O) groups is 1. The molecule has 0 atom stereocenters. The van der Waals surface area contributed by atoms with Gasteiger partial charge in [0.1, 0.15) is 5.75 Å². The number of Topliss-reactive ketones (excluding diaryl/α,β-unsaturated/α-hetero) is 1. The van der Waals surface area contributed by atoms with Gasteiger partial charge in [-0.15, -0.1) is 10.2 Å². The highest BCUT2D eigenvalue weighted by molar-refractivity contribution is 7.99. The third kappa shape index (κ3) is 4.40. The Hall–Kier alpha value is -3.00. The summed E-state index contributed by atoms with van der Waals surface area (Å²) in [4.78, 5) is 12.4. The summed E-state index contributed by atoms with van der Waals surface area (Å²) in [6.45, 7) is 0. The number of ketones is 1. The highest BCUT2D eigenvalue weighted by Gasteiger charge is 2.14. The summed E-state index contributed by atoms with van der Waals surface area (Å²) < 4.78 is 21.1. The van der Waals surface area contributed by atoms with E-state index in [2.05, 4.69) is 10.2 Å². The smallest absolute Gasteiger partial charge is 0.277 e. The van der Waals surface area contributed by atoms with Crippen LogP contribution in [0.3, 0.4) is 0 Å². The molecular formula is C19H18N2O5S. The average molecular weight is 386 g/mol. The van der Waals surface area contributed by atoms with Gasteiger partial charge in [0.2, 0.25) is 5.89 Å². The van der Waals surface area contributed by atoms with E-state index in [-0.39, 0.29) is 11.5 Å². The Morgan fingerprint density at radius 2 is 1.70 bits per heavy atom. The molecule has 0 spiro atoms. The predicted octanol–water partition coefficient (Wildman–Crippen LogP) is 3.74. The topological polar surface area (TPSA) is 83.7 Å². The molecule has 140 valence electrons. The number of benzene rings is 2. The van der Waals surface area contributed by atoms with Crippen LogP contribution in [0.2, 0.25) is 0 Å². The Kier molecular flexibility index (Phi) is 5.97. The quantitative estimate of drug-likeness (QED) is 0.428. The van der Waals surface area contributed by atoms with Crippen LogP contribution in [0.4, 0.5) is 0 Å². The van der Waals surface area contributed by atoms with E-state index in [0.717, 1.165) is 11.3 Å². The van der Waals surface area contributed by atoms with Crippen LogP contribution in [-0.4, -0.2) is 43.1 Å². The van der Waals surface area contributed by atoms with E-state index in [0.29, 0.717) is 28.2 Å². The summed E-state index contributed by atoms with van der Waals surface area (Å²) in [5.74, 6) is 2.30. The van der Waals surface area contributed by atoms with E-state index in [4.69, 9.17) is 18.6 Å². The molecule has 0 bridgehead atoms. The molecule has 0 fully saturated rings. The summed E-state index contributed by atoms with van der Waals surface area (Å²) >= 11 is 1.18. The largest absolute Gasteiger partial charge is 0.497 e. The molecule has 8 heteroatoms. The molecular weight excluding hydrogens is 368 g/mol. The predicted molar refractivity (Wildman–Crippen MR) is 101 cm³/mol. The second-order valence-corrected chi connectivity index (χ2v) is 6.31. The number of hydrogen-bond acceptors (Lipinski definition) is 8. The molecule has 0 amide bonds. The number of nitrogens with zero attached hydrogens (tertiary/aromatic N) is 2. The molecule has 0 saturated heterocycles. The molecule has 3 aromatic rings. The first kappa shape index (κ1) is 18.8. The summed E-state index contributed by atoms with van der Waals surface area (Å²) in [7, 11) is 4.68. The Labute approximate surface area is 160 Å². The summed E-state index contributed by atoms with van der Waals surface area (Å²) in [5.41, 5.74) is 1.30. The maximum Gasteiger partial charge on any atom is 0.277 e. The molecule has 0 radical (unpaired) electrons. The highest BCUT2D eigenvalue weighted by atomic mass is 32.2. The van der Waals surface area contributed by atoms with E-state index in [1.807, 2.05) is 24.3 Å². The lowest BCUT2D eigenvalue weighted by Crippen LogP contribution is -2.03. The third-order valence-corrected chi connectivity index (χ3v) is 4.59. The second-order valence-electron chi connectivity index (χ2n) is 5.38. The zero-order valence-corrected chi connectivity index (χ0v) is 15.9. The first-order valence-electron chi connectivity index (χ1n) is 8.00. The van der Waals surface area contributed by atoms with Gasteiger partial charge in [0.15, 0.2) is 17.3 Å². The van der Waals surface area contributed by atoms with Gasteiger partial charge < -0.3 is 18.6 Å². The van der Waals surface area contributed by atoms with Crippen molar-refractivity contribution in [3.05, 3.63) is 48.0 Å². The van der Waals surface area contributed by atoms with E-state index in [1.54, 1.807) is 32.4 Å². The molecule has 0 N–H and O–H groups in total. The number of aromatic nitrogens is 2. The van der Waals surface area contributed by atoms with Gasteiger partial charge in [-0.05, 0) is 42.5 Å². The number of carbonyl (C=O) groups excluding carboxylic acids is 1. The monoisotopic (exact) mass is 386 g/mol. The van der Waals surface area contributed by atoms with Gasteiger partial charge in [-0.25, -0.2) is 0 Å². The maximum atomic E-state index is 12.4. The zero-order chi connectivity index (χ0) is 19.2. The number of thioether (sulfide) groups is 1. The van der Waals surface area contributed by atoms with Gasteiger partial charge in [0, 0.05) is 11.1 Å². The standard InChI is InChI=1S/C19H18N2O5S/c1-23-14-7-4-12(5-8-14)18-20-21-19(26-18)27-11-15(22)13-6-9-16(24-2)17(10-13)25-3/h4-10H,11H2,1-3H3. The fraction of sp³-hybridized carbons (Fsp3) is 0.211. The molecule has 0 unspecified atom stereocenters. The van der Waals surface area contributed by atoms with Gasteiger partial charge in [0.25, 0.3) is 5.22 Å². The molecule has 0 aliphatic rings. The lowest BCUT2D eigenvalue weighted by Gasteiger charge is -2.08. The van der Waals surface area contributed by atoms with Gasteiger partial charge in [-0.2, -0.15) is 0 Å². The van der Waals surface area contributed by atoms with Crippen molar-refractivity contribution in [1.82, 2.24) is 10.2 Å². The molecule has 0 aliphatic carbocycles. The summed E-state index contributed by atoms with van der Waals surface area (Å²) in [6, 6.07) is 12.3. The van der Waals surface area contributed by atoms with Crippen LogP contribution in [0, 0.1) is 0 Å². The van der Waals surface area contributed by atoms with Crippen molar-refractivity contribution >= 4 is 17.5 Å². The lowest BCUT2D eigenvalue weighted by atomic mass is 10.1. The zero-order valence-electron chi connectivity index (χ0n) is 15.1. The van der Waals surface area contributed by atoms with Crippen LogP contribution in [0.5, 0.6) is 17.2 Å². The summed E-state index contributed by atoms with van der Waals surface area (Å²) in [5, 5.41) is 8.32. The minimum absolute atomic E-state index is 0.0786. The molecule has 27 heavy (non-hydrogen) atoms. The second kappa shape index (κ2) is 8.59. The van der Waals surface area contributed by atoms with E-state index in [1.165, 1.54) is 18.9 Å². The van der Waals surface area contributed by atoms with Gasteiger partial charge >= 0.3 is 0 Å². The fourth-order valence-electron chi connectivity index (χ4n) is 2.34. The van der Waals surface area contributed by atoms with Crippen LogP contribution in [0.1, 0.15) is 10.4 Å². The van der Waals surface area contributed by atoms with Gasteiger partial charge in [-0.1, -0.05) is 11.8 Å². The fourth-order valence-corrected chi connectivity index (χ4v) is 3.00. The Bertz CT molecular complexity index is 924. The van der Waals surface area contributed by atoms with Crippen molar-refractivity contribution in [2.24, 2.45) is 0 Å². The first-order chi connectivity index (χ1) is 13.1. The van der Waals surface area contributed by atoms with Crippen LogP contribution in [0.25, 0.3) is 11.5 Å². The molecule has 7 nitrogen and oxygen atoms in total. The normalized spacial score (nSPS) is 10.5. The van der Waals surface area contributed by atoms with E-state index < -0.39 is 0 Å². The minimum atomic E-state index is -0.0786. The third-order valence-electron chi connectivity index (χ3n) is 3.78.